The van der Waals surface area contributed by atoms with Gasteiger partial charge < -0.3 is 15.2 Å². The third-order valence-electron chi connectivity index (χ3n) is 4.81. The first-order chi connectivity index (χ1) is 10.1. The second-order valence-electron chi connectivity index (χ2n) is 6.04. The van der Waals surface area contributed by atoms with Gasteiger partial charge in [0.05, 0.1) is 18.4 Å². The molecule has 1 unspecified atom stereocenters. The number of carboxylic acid groups (broad SMARTS) is 1. The number of benzene rings is 1. The fourth-order valence-corrected chi connectivity index (χ4v) is 3.50. The number of ether oxygens (including phenoxy) is 1. The molecule has 0 radical (unpaired) electrons. The average Bonchev–Trinajstić information content (AvgIpc) is 2.97. The van der Waals surface area contributed by atoms with E-state index in [1.54, 1.807) is 6.07 Å². The summed E-state index contributed by atoms with van der Waals surface area (Å²) in [6.07, 6.45) is 5.73. The van der Waals surface area contributed by atoms with E-state index >= 15 is 0 Å². The zero-order valence-electron chi connectivity index (χ0n) is 12.0. The second kappa shape index (κ2) is 5.06. The molecule has 0 aromatic heterocycles. The average molecular weight is 289 g/mol. The molecule has 1 atom stereocenters. The lowest BCUT2D eigenvalue weighted by atomic mass is 10.0. The number of anilines is 1. The first-order valence-electron chi connectivity index (χ1n) is 7.28. The van der Waals surface area contributed by atoms with Crippen LogP contribution in [0.1, 0.15) is 42.5 Å². The van der Waals surface area contributed by atoms with Gasteiger partial charge in [-0.2, -0.15) is 0 Å². The number of carbonyl (C=O) groups excluding carboxylic acids is 1. The Morgan fingerprint density at radius 3 is 2.67 bits per heavy atom. The molecule has 0 bridgehead atoms. The summed E-state index contributed by atoms with van der Waals surface area (Å²) in [5.41, 5.74) is 0.925. The molecule has 0 saturated heterocycles. The van der Waals surface area contributed by atoms with Crippen molar-refractivity contribution in [2.75, 3.05) is 12.4 Å². The quantitative estimate of drug-likeness (QED) is 0.893. The van der Waals surface area contributed by atoms with E-state index in [0.29, 0.717) is 11.4 Å². The molecule has 2 N–H and O–H groups in total. The van der Waals surface area contributed by atoms with Gasteiger partial charge in [0, 0.05) is 5.92 Å². The molecule has 5 nitrogen and oxygen atoms in total. The molecule has 112 valence electrons. The van der Waals surface area contributed by atoms with Gasteiger partial charge in [0.25, 0.3) is 0 Å². The van der Waals surface area contributed by atoms with Crippen LogP contribution < -0.4 is 10.1 Å². The summed E-state index contributed by atoms with van der Waals surface area (Å²) < 4.78 is 5.18. The fraction of sp³-hybridized carbons (Fsp3) is 0.500. The Bertz CT molecular complexity index is 590. The van der Waals surface area contributed by atoms with E-state index in [2.05, 4.69) is 5.32 Å². The molecule has 1 aromatic rings. The zero-order valence-corrected chi connectivity index (χ0v) is 12.0. The monoisotopic (exact) mass is 289 g/mol. The van der Waals surface area contributed by atoms with Gasteiger partial charge in [-0.05, 0) is 42.9 Å². The predicted octanol–water partition coefficient (Wildman–Crippen LogP) is 2.91. The van der Waals surface area contributed by atoms with Crippen LogP contribution in [-0.2, 0) is 4.79 Å². The van der Waals surface area contributed by atoms with Crippen LogP contribution in [0.3, 0.4) is 0 Å². The highest BCUT2D eigenvalue weighted by Gasteiger charge is 2.58. The molecule has 0 heterocycles. The largest absolute Gasteiger partial charge is 0.495 e. The molecule has 3 rings (SSSR count). The minimum absolute atomic E-state index is 0.0262. The third kappa shape index (κ3) is 2.48. The number of carboxylic acids is 1. The predicted molar refractivity (Wildman–Crippen MR) is 77.6 cm³/mol. The van der Waals surface area contributed by atoms with Crippen molar-refractivity contribution in [2.45, 2.75) is 32.1 Å². The molecule has 2 saturated carbocycles. The number of amides is 1. The van der Waals surface area contributed by atoms with Gasteiger partial charge in [0.2, 0.25) is 5.91 Å². The van der Waals surface area contributed by atoms with Crippen LogP contribution in [0, 0.1) is 11.3 Å². The van der Waals surface area contributed by atoms with Gasteiger partial charge in [-0.1, -0.05) is 12.8 Å². The highest BCUT2D eigenvalue weighted by molar-refractivity contribution is 5.97. The summed E-state index contributed by atoms with van der Waals surface area (Å²) in [6, 6.07) is 4.48. The Kier molecular flexibility index (Phi) is 3.35. The first-order valence-corrected chi connectivity index (χ1v) is 7.28. The van der Waals surface area contributed by atoms with Crippen LogP contribution in [0.4, 0.5) is 5.69 Å². The van der Waals surface area contributed by atoms with Crippen molar-refractivity contribution in [2.24, 2.45) is 11.3 Å². The van der Waals surface area contributed by atoms with Crippen LogP contribution >= 0.6 is 0 Å². The minimum Gasteiger partial charge on any atom is -0.495 e. The molecule has 1 amide bonds. The summed E-state index contributed by atoms with van der Waals surface area (Å²) in [5, 5.41) is 11.9. The van der Waals surface area contributed by atoms with E-state index in [1.807, 2.05) is 0 Å². The number of hydrogen-bond donors (Lipinski definition) is 2. The maximum absolute atomic E-state index is 12.3. The molecule has 1 aromatic carbocycles. The summed E-state index contributed by atoms with van der Waals surface area (Å²) in [6.45, 7) is 0. The summed E-state index contributed by atoms with van der Waals surface area (Å²) in [7, 11) is 1.46. The van der Waals surface area contributed by atoms with Crippen LogP contribution in [0.25, 0.3) is 0 Å². The van der Waals surface area contributed by atoms with Gasteiger partial charge in [0.15, 0.2) is 0 Å². The van der Waals surface area contributed by atoms with Gasteiger partial charge in [-0.25, -0.2) is 4.79 Å². The number of methoxy groups -OCH3 is 1. The van der Waals surface area contributed by atoms with Crippen LogP contribution in [0.15, 0.2) is 18.2 Å². The van der Waals surface area contributed by atoms with E-state index in [4.69, 9.17) is 9.84 Å². The van der Waals surface area contributed by atoms with E-state index in [-0.39, 0.29) is 22.8 Å². The number of hydrogen-bond acceptors (Lipinski definition) is 3. The van der Waals surface area contributed by atoms with Crippen LogP contribution in [0.2, 0.25) is 0 Å². The Labute approximate surface area is 123 Å². The molecule has 2 fully saturated rings. The van der Waals surface area contributed by atoms with E-state index < -0.39 is 5.97 Å². The van der Waals surface area contributed by atoms with Crippen molar-refractivity contribution < 1.29 is 19.4 Å². The summed E-state index contributed by atoms with van der Waals surface area (Å²) >= 11 is 0. The molecule has 1 spiro atoms. The van der Waals surface area contributed by atoms with Crippen molar-refractivity contribution in [1.29, 1.82) is 0 Å². The Balaban J connectivity index is 1.73. The lowest BCUT2D eigenvalue weighted by Gasteiger charge is -2.12. The van der Waals surface area contributed by atoms with Crippen molar-refractivity contribution in [3.05, 3.63) is 23.8 Å². The first kappa shape index (κ1) is 13.9. The number of aromatic carboxylic acids is 1. The maximum atomic E-state index is 12.3. The second-order valence-corrected chi connectivity index (χ2v) is 6.04. The van der Waals surface area contributed by atoms with E-state index in [9.17, 15) is 9.59 Å². The van der Waals surface area contributed by atoms with Crippen molar-refractivity contribution >= 4 is 17.6 Å². The number of carbonyl (C=O) groups is 2. The Morgan fingerprint density at radius 1 is 1.33 bits per heavy atom. The molecule has 2 aliphatic carbocycles. The van der Waals surface area contributed by atoms with Crippen molar-refractivity contribution in [1.82, 2.24) is 0 Å². The van der Waals surface area contributed by atoms with Gasteiger partial charge in [-0.3, -0.25) is 4.79 Å². The van der Waals surface area contributed by atoms with Crippen molar-refractivity contribution in [3.63, 3.8) is 0 Å². The topological polar surface area (TPSA) is 75.6 Å². The van der Waals surface area contributed by atoms with Gasteiger partial charge >= 0.3 is 5.97 Å². The van der Waals surface area contributed by atoms with Gasteiger partial charge in [0.1, 0.15) is 5.75 Å². The molecule has 21 heavy (non-hydrogen) atoms. The Hall–Kier alpha value is -2.04. The number of rotatable bonds is 4. The third-order valence-corrected chi connectivity index (χ3v) is 4.81. The lowest BCUT2D eigenvalue weighted by molar-refractivity contribution is -0.118. The zero-order chi connectivity index (χ0) is 15.0. The normalized spacial score (nSPS) is 22.0. The molecular formula is C16H19NO4. The molecule has 2 aliphatic rings. The minimum atomic E-state index is -1.02. The summed E-state index contributed by atoms with van der Waals surface area (Å²) in [5.74, 6) is -0.509. The maximum Gasteiger partial charge on any atom is 0.335 e. The van der Waals surface area contributed by atoms with Crippen molar-refractivity contribution in [3.8, 4) is 5.75 Å². The van der Waals surface area contributed by atoms with Crippen LogP contribution in [-0.4, -0.2) is 24.1 Å². The molecule has 0 aliphatic heterocycles. The van der Waals surface area contributed by atoms with E-state index in [0.717, 1.165) is 19.3 Å². The highest BCUT2D eigenvalue weighted by atomic mass is 16.5. The van der Waals surface area contributed by atoms with Crippen LogP contribution in [0.5, 0.6) is 5.75 Å². The SMILES string of the molecule is COc1cc(C(=O)O)ccc1NC(=O)C1CC12CCCC2. The van der Waals surface area contributed by atoms with Gasteiger partial charge in [-0.15, -0.1) is 0 Å². The molecule has 5 heteroatoms. The Morgan fingerprint density at radius 2 is 2.05 bits per heavy atom. The highest BCUT2D eigenvalue weighted by Crippen LogP contribution is 2.63. The molecular weight excluding hydrogens is 270 g/mol. The van der Waals surface area contributed by atoms with E-state index in [1.165, 1.54) is 32.1 Å². The number of nitrogens with one attached hydrogen (secondary N) is 1. The lowest BCUT2D eigenvalue weighted by Crippen LogP contribution is -2.18. The smallest absolute Gasteiger partial charge is 0.335 e. The fourth-order valence-electron chi connectivity index (χ4n) is 3.50. The standard InChI is InChI=1S/C16H19NO4/c1-21-13-8-10(15(19)20)4-5-12(13)17-14(18)11-9-16(11)6-2-3-7-16/h4-5,8,11H,2-3,6-7,9H2,1H3,(H,17,18)(H,19,20). The summed E-state index contributed by atoms with van der Waals surface area (Å²) in [4.78, 5) is 23.3.